The van der Waals surface area contributed by atoms with Gasteiger partial charge < -0.3 is 14.8 Å². The summed E-state index contributed by atoms with van der Waals surface area (Å²) in [5.41, 5.74) is 3.34. The number of fused-ring (bicyclic) bond motifs is 1. The molecule has 1 heterocycles. The van der Waals surface area contributed by atoms with Gasteiger partial charge in [-0.1, -0.05) is 35.9 Å². The summed E-state index contributed by atoms with van der Waals surface area (Å²) in [4.78, 5) is 11.9. The van der Waals surface area contributed by atoms with E-state index >= 15 is 0 Å². The van der Waals surface area contributed by atoms with Crippen LogP contribution in [0.2, 0.25) is 0 Å². The molecule has 4 nitrogen and oxygen atoms in total. The fourth-order valence-electron chi connectivity index (χ4n) is 2.51. The van der Waals surface area contributed by atoms with Gasteiger partial charge in [-0.25, -0.2) is 0 Å². The molecule has 0 radical (unpaired) electrons. The van der Waals surface area contributed by atoms with E-state index in [1.807, 2.05) is 49.4 Å². The van der Waals surface area contributed by atoms with Crippen LogP contribution in [-0.4, -0.2) is 19.2 Å². The Bertz CT molecular complexity index is 682. The fourth-order valence-corrected chi connectivity index (χ4v) is 2.51. The van der Waals surface area contributed by atoms with Gasteiger partial charge in [-0.3, -0.25) is 4.79 Å². The van der Waals surface area contributed by atoms with Crippen LogP contribution in [0.3, 0.4) is 0 Å². The molecule has 1 aliphatic heterocycles. The standard InChI is InChI=1S/C18H19NO3/c1-13-3-2-4-15(9-13)11-18(20)19-8-7-14-5-6-16-17(10-14)22-12-21-16/h2-6,9-10H,7-8,11-12H2,1H3,(H,19,20). The number of amides is 1. The molecule has 0 bridgehead atoms. The number of nitrogens with one attached hydrogen (secondary N) is 1. The molecule has 0 fully saturated rings. The van der Waals surface area contributed by atoms with Gasteiger partial charge in [0, 0.05) is 6.54 Å². The van der Waals surface area contributed by atoms with Gasteiger partial charge in [-0.2, -0.15) is 0 Å². The quantitative estimate of drug-likeness (QED) is 0.923. The van der Waals surface area contributed by atoms with E-state index in [0.29, 0.717) is 13.0 Å². The maximum atomic E-state index is 11.9. The van der Waals surface area contributed by atoms with Crippen LogP contribution in [-0.2, 0) is 17.6 Å². The van der Waals surface area contributed by atoms with Crippen LogP contribution in [0.5, 0.6) is 11.5 Å². The number of benzene rings is 2. The Morgan fingerprint density at radius 3 is 2.82 bits per heavy atom. The van der Waals surface area contributed by atoms with E-state index in [1.54, 1.807) is 0 Å². The van der Waals surface area contributed by atoms with Gasteiger partial charge in [0.2, 0.25) is 12.7 Å². The predicted octanol–water partition coefficient (Wildman–Crippen LogP) is 2.63. The summed E-state index contributed by atoms with van der Waals surface area (Å²) in [6, 6.07) is 13.9. The van der Waals surface area contributed by atoms with E-state index < -0.39 is 0 Å². The molecule has 1 N–H and O–H groups in total. The Labute approximate surface area is 130 Å². The van der Waals surface area contributed by atoms with Crippen molar-refractivity contribution in [1.82, 2.24) is 5.32 Å². The van der Waals surface area contributed by atoms with Crippen molar-refractivity contribution in [3.05, 3.63) is 59.2 Å². The fraction of sp³-hybridized carbons (Fsp3) is 0.278. The Balaban J connectivity index is 1.47. The van der Waals surface area contributed by atoms with E-state index in [2.05, 4.69) is 5.32 Å². The smallest absolute Gasteiger partial charge is 0.231 e. The van der Waals surface area contributed by atoms with Gasteiger partial charge in [-0.15, -0.1) is 0 Å². The zero-order chi connectivity index (χ0) is 15.4. The van der Waals surface area contributed by atoms with E-state index in [-0.39, 0.29) is 12.7 Å². The number of rotatable bonds is 5. The predicted molar refractivity (Wildman–Crippen MR) is 84.2 cm³/mol. The molecule has 0 unspecified atom stereocenters. The molecular formula is C18H19NO3. The minimum atomic E-state index is 0.0475. The van der Waals surface area contributed by atoms with E-state index in [1.165, 1.54) is 5.56 Å². The van der Waals surface area contributed by atoms with Crippen LogP contribution < -0.4 is 14.8 Å². The highest BCUT2D eigenvalue weighted by atomic mass is 16.7. The Hall–Kier alpha value is -2.49. The monoisotopic (exact) mass is 297 g/mol. The summed E-state index contributed by atoms with van der Waals surface area (Å²) in [6.07, 6.45) is 1.19. The lowest BCUT2D eigenvalue weighted by molar-refractivity contribution is -0.120. The van der Waals surface area contributed by atoms with Crippen LogP contribution in [0.4, 0.5) is 0 Å². The molecule has 0 aromatic heterocycles. The minimum absolute atomic E-state index is 0.0475. The van der Waals surface area contributed by atoms with Gasteiger partial charge in [0.1, 0.15) is 0 Å². The average molecular weight is 297 g/mol. The maximum absolute atomic E-state index is 11.9. The topological polar surface area (TPSA) is 47.6 Å². The number of ether oxygens (including phenoxy) is 2. The molecule has 22 heavy (non-hydrogen) atoms. The molecule has 1 amide bonds. The molecular weight excluding hydrogens is 278 g/mol. The van der Waals surface area contributed by atoms with Gasteiger partial charge >= 0.3 is 0 Å². The third-order valence-corrected chi connectivity index (χ3v) is 3.62. The van der Waals surface area contributed by atoms with Crippen LogP contribution >= 0.6 is 0 Å². The summed E-state index contributed by atoms with van der Waals surface area (Å²) in [7, 11) is 0. The lowest BCUT2D eigenvalue weighted by atomic mass is 10.1. The first-order valence-corrected chi connectivity index (χ1v) is 7.41. The lowest BCUT2D eigenvalue weighted by Gasteiger charge is -2.07. The molecule has 0 aliphatic carbocycles. The summed E-state index contributed by atoms with van der Waals surface area (Å²) < 4.78 is 10.6. The van der Waals surface area contributed by atoms with Gasteiger partial charge in [0.25, 0.3) is 0 Å². The van der Waals surface area contributed by atoms with Crippen molar-refractivity contribution in [3.8, 4) is 11.5 Å². The average Bonchev–Trinajstić information content (AvgIpc) is 2.95. The molecule has 2 aromatic carbocycles. The molecule has 3 rings (SSSR count). The van der Waals surface area contributed by atoms with Crippen molar-refractivity contribution in [3.63, 3.8) is 0 Å². The second-order valence-corrected chi connectivity index (χ2v) is 5.45. The van der Waals surface area contributed by atoms with Crippen molar-refractivity contribution in [2.45, 2.75) is 19.8 Å². The highest BCUT2D eigenvalue weighted by Crippen LogP contribution is 2.32. The van der Waals surface area contributed by atoms with Crippen molar-refractivity contribution in [1.29, 1.82) is 0 Å². The molecule has 1 aliphatic rings. The van der Waals surface area contributed by atoms with Crippen LogP contribution in [0.25, 0.3) is 0 Å². The first-order valence-electron chi connectivity index (χ1n) is 7.41. The number of aryl methyl sites for hydroxylation is 1. The lowest BCUT2D eigenvalue weighted by Crippen LogP contribution is -2.27. The highest BCUT2D eigenvalue weighted by Gasteiger charge is 2.13. The second-order valence-electron chi connectivity index (χ2n) is 5.45. The summed E-state index contributed by atoms with van der Waals surface area (Å²) in [5.74, 6) is 1.61. The molecule has 2 aromatic rings. The van der Waals surface area contributed by atoms with Gasteiger partial charge in [0.15, 0.2) is 11.5 Å². The van der Waals surface area contributed by atoms with E-state index in [4.69, 9.17) is 9.47 Å². The largest absolute Gasteiger partial charge is 0.454 e. The Morgan fingerprint density at radius 2 is 1.95 bits per heavy atom. The number of hydrogen-bond acceptors (Lipinski definition) is 3. The SMILES string of the molecule is Cc1cccc(CC(=O)NCCc2ccc3c(c2)OCO3)c1. The molecule has 0 spiro atoms. The van der Waals surface area contributed by atoms with Crippen molar-refractivity contribution in [2.24, 2.45) is 0 Å². The third kappa shape index (κ3) is 3.58. The summed E-state index contributed by atoms with van der Waals surface area (Å²) in [6.45, 7) is 2.93. The molecule has 114 valence electrons. The molecule has 0 saturated carbocycles. The summed E-state index contributed by atoms with van der Waals surface area (Å²) in [5, 5.41) is 2.96. The minimum Gasteiger partial charge on any atom is -0.454 e. The van der Waals surface area contributed by atoms with Crippen molar-refractivity contribution in [2.75, 3.05) is 13.3 Å². The zero-order valence-corrected chi connectivity index (χ0v) is 12.6. The number of carbonyl (C=O) groups is 1. The van der Waals surface area contributed by atoms with Crippen LogP contribution in [0, 0.1) is 6.92 Å². The van der Waals surface area contributed by atoms with Crippen molar-refractivity contribution >= 4 is 5.91 Å². The van der Waals surface area contributed by atoms with E-state index in [9.17, 15) is 4.79 Å². The van der Waals surface area contributed by atoms with Crippen LogP contribution in [0.15, 0.2) is 42.5 Å². The van der Waals surface area contributed by atoms with Crippen molar-refractivity contribution < 1.29 is 14.3 Å². The normalized spacial score (nSPS) is 12.2. The van der Waals surface area contributed by atoms with Gasteiger partial charge in [-0.05, 0) is 36.6 Å². The van der Waals surface area contributed by atoms with E-state index in [0.717, 1.165) is 29.0 Å². The Morgan fingerprint density at radius 1 is 1.09 bits per heavy atom. The van der Waals surface area contributed by atoms with Gasteiger partial charge in [0.05, 0.1) is 6.42 Å². The molecule has 0 saturated heterocycles. The maximum Gasteiger partial charge on any atom is 0.231 e. The molecule has 0 atom stereocenters. The second kappa shape index (κ2) is 6.52. The first-order chi connectivity index (χ1) is 10.7. The third-order valence-electron chi connectivity index (χ3n) is 3.62. The zero-order valence-electron chi connectivity index (χ0n) is 12.6. The highest BCUT2D eigenvalue weighted by molar-refractivity contribution is 5.78. The number of carbonyl (C=O) groups excluding carboxylic acids is 1. The summed E-state index contributed by atoms with van der Waals surface area (Å²) >= 11 is 0. The van der Waals surface area contributed by atoms with Crippen LogP contribution in [0.1, 0.15) is 16.7 Å². The molecule has 4 heteroatoms. The first kappa shape index (κ1) is 14.4. The Kier molecular flexibility index (Phi) is 4.28. The number of hydrogen-bond donors (Lipinski definition) is 1.